The predicted molar refractivity (Wildman–Crippen MR) is 98.5 cm³/mol. The first-order valence-electron chi connectivity index (χ1n) is 9.23. The van der Waals surface area contributed by atoms with Gasteiger partial charge in [0.05, 0.1) is 12.0 Å². The first kappa shape index (κ1) is 20.0. The summed E-state index contributed by atoms with van der Waals surface area (Å²) in [4.78, 5) is 20.6. The fourth-order valence-corrected chi connectivity index (χ4v) is 3.21. The van der Waals surface area contributed by atoms with Gasteiger partial charge in [0, 0.05) is 38.3 Å². The van der Waals surface area contributed by atoms with Gasteiger partial charge in [0.2, 0.25) is 5.89 Å². The molecule has 158 valence electrons. The number of amides is 1. The lowest BCUT2D eigenvalue weighted by Crippen LogP contribution is -2.48. The zero-order valence-corrected chi connectivity index (χ0v) is 15.8. The molecular formula is C20H18F3N3O4. The minimum absolute atomic E-state index is 0.124. The zero-order valence-electron chi connectivity index (χ0n) is 15.8. The van der Waals surface area contributed by atoms with Crippen LogP contribution in [0.3, 0.4) is 0 Å². The summed E-state index contributed by atoms with van der Waals surface area (Å²) in [6.07, 6.45) is -1.73. The van der Waals surface area contributed by atoms with Crippen LogP contribution in [0, 0.1) is 0 Å². The highest BCUT2D eigenvalue weighted by Gasteiger charge is 2.31. The van der Waals surface area contributed by atoms with Crippen molar-refractivity contribution in [1.29, 1.82) is 0 Å². The Balaban J connectivity index is 1.31. The van der Waals surface area contributed by atoms with E-state index in [0.717, 1.165) is 0 Å². The molecule has 1 amide bonds. The van der Waals surface area contributed by atoms with Crippen LogP contribution in [0.5, 0.6) is 5.75 Å². The molecule has 1 saturated heterocycles. The molecule has 1 aliphatic rings. The van der Waals surface area contributed by atoms with Crippen molar-refractivity contribution in [3.8, 4) is 17.2 Å². The van der Waals surface area contributed by atoms with E-state index in [2.05, 4.69) is 14.6 Å². The molecule has 3 heterocycles. The molecule has 1 aromatic carbocycles. The lowest BCUT2D eigenvalue weighted by atomic mass is 10.2. The van der Waals surface area contributed by atoms with Gasteiger partial charge in [-0.1, -0.05) is 0 Å². The number of carbonyl (C=O) groups is 1. The number of carbonyl (C=O) groups excluding carboxylic acids is 1. The molecule has 0 spiro atoms. The number of furan rings is 1. The second kappa shape index (κ2) is 8.23. The van der Waals surface area contributed by atoms with Crippen molar-refractivity contribution < 1.29 is 31.5 Å². The van der Waals surface area contributed by atoms with E-state index in [9.17, 15) is 18.0 Å². The van der Waals surface area contributed by atoms with E-state index in [-0.39, 0.29) is 11.7 Å². The summed E-state index contributed by atoms with van der Waals surface area (Å²) in [5.41, 5.74) is 1.25. The van der Waals surface area contributed by atoms with Gasteiger partial charge < -0.3 is 18.5 Å². The number of aromatic nitrogens is 1. The number of halogens is 3. The quantitative estimate of drug-likeness (QED) is 0.624. The van der Waals surface area contributed by atoms with Crippen LogP contribution in [0.1, 0.15) is 16.2 Å². The van der Waals surface area contributed by atoms with Gasteiger partial charge >= 0.3 is 6.36 Å². The standard InChI is InChI=1S/C20H18F3N3O4/c21-20(22,23)30-16-5-3-14(4-6-16)18-24-15(13-29-18)12-25-7-9-26(10-8-25)19(27)17-2-1-11-28-17/h1-6,11,13H,7-10,12H2. The maximum atomic E-state index is 12.3. The van der Waals surface area contributed by atoms with Gasteiger partial charge in [-0.3, -0.25) is 9.69 Å². The van der Waals surface area contributed by atoms with Crippen LogP contribution < -0.4 is 4.74 Å². The van der Waals surface area contributed by atoms with Gasteiger partial charge in [-0.05, 0) is 36.4 Å². The minimum atomic E-state index is -4.73. The molecule has 0 N–H and O–H groups in total. The van der Waals surface area contributed by atoms with E-state index in [0.29, 0.717) is 55.6 Å². The number of oxazole rings is 1. The lowest BCUT2D eigenvalue weighted by molar-refractivity contribution is -0.274. The number of rotatable bonds is 5. The summed E-state index contributed by atoms with van der Waals surface area (Å²) in [5, 5.41) is 0. The molecular weight excluding hydrogens is 403 g/mol. The molecule has 0 aliphatic carbocycles. The van der Waals surface area contributed by atoms with Gasteiger partial charge in [0.15, 0.2) is 5.76 Å². The number of ether oxygens (including phenoxy) is 1. The number of benzene rings is 1. The first-order chi connectivity index (χ1) is 14.4. The second-order valence-corrected chi connectivity index (χ2v) is 6.76. The Morgan fingerprint density at radius 1 is 1.07 bits per heavy atom. The Morgan fingerprint density at radius 2 is 1.80 bits per heavy atom. The summed E-state index contributed by atoms with van der Waals surface area (Å²) in [6, 6.07) is 8.66. The molecule has 7 nitrogen and oxygen atoms in total. The number of hydrogen-bond donors (Lipinski definition) is 0. The second-order valence-electron chi connectivity index (χ2n) is 6.76. The number of nitrogens with zero attached hydrogens (tertiary/aromatic N) is 3. The summed E-state index contributed by atoms with van der Waals surface area (Å²) < 4.78 is 51.2. The Morgan fingerprint density at radius 3 is 2.43 bits per heavy atom. The molecule has 0 atom stereocenters. The molecule has 2 aromatic heterocycles. The van der Waals surface area contributed by atoms with Crippen molar-refractivity contribution in [2.45, 2.75) is 12.9 Å². The zero-order chi connectivity index (χ0) is 21.1. The van der Waals surface area contributed by atoms with Crippen molar-refractivity contribution in [3.63, 3.8) is 0 Å². The third kappa shape index (κ3) is 4.82. The number of alkyl halides is 3. The van der Waals surface area contributed by atoms with Crippen molar-refractivity contribution in [3.05, 3.63) is 60.4 Å². The Bertz CT molecular complexity index is 976. The van der Waals surface area contributed by atoms with E-state index < -0.39 is 6.36 Å². The van der Waals surface area contributed by atoms with E-state index in [1.807, 2.05) is 0 Å². The van der Waals surface area contributed by atoms with Crippen molar-refractivity contribution in [2.24, 2.45) is 0 Å². The van der Waals surface area contributed by atoms with Crippen LogP contribution in [0.15, 0.2) is 57.8 Å². The topological polar surface area (TPSA) is 72.0 Å². The van der Waals surface area contributed by atoms with E-state index in [4.69, 9.17) is 8.83 Å². The third-order valence-corrected chi connectivity index (χ3v) is 4.66. The molecule has 4 rings (SSSR count). The van der Waals surface area contributed by atoms with E-state index in [1.165, 1.54) is 36.8 Å². The first-order valence-corrected chi connectivity index (χ1v) is 9.23. The lowest BCUT2D eigenvalue weighted by Gasteiger charge is -2.33. The molecule has 3 aromatic rings. The maximum absolute atomic E-state index is 12.3. The largest absolute Gasteiger partial charge is 0.573 e. The van der Waals surface area contributed by atoms with Crippen LogP contribution in [0.25, 0.3) is 11.5 Å². The molecule has 0 bridgehead atoms. The van der Waals surface area contributed by atoms with Gasteiger partial charge in [0.1, 0.15) is 12.0 Å². The van der Waals surface area contributed by atoms with Crippen LogP contribution in [0.4, 0.5) is 13.2 Å². The molecule has 10 heteroatoms. The van der Waals surface area contributed by atoms with Gasteiger partial charge in [0.25, 0.3) is 5.91 Å². The van der Waals surface area contributed by atoms with Crippen molar-refractivity contribution >= 4 is 5.91 Å². The SMILES string of the molecule is O=C(c1ccco1)N1CCN(Cc2coc(-c3ccc(OC(F)(F)F)cc3)n2)CC1. The third-order valence-electron chi connectivity index (χ3n) is 4.66. The Hall–Kier alpha value is -3.27. The van der Waals surface area contributed by atoms with Gasteiger partial charge in [-0.25, -0.2) is 4.98 Å². The molecule has 0 unspecified atom stereocenters. The smallest absolute Gasteiger partial charge is 0.459 e. The average molecular weight is 421 g/mol. The van der Waals surface area contributed by atoms with Crippen molar-refractivity contribution in [2.75, 3.05) is 26.2 Å². The fraction of sp³-hybridized carbons (Fsp3) is 0.300. The summed E-state index contributed by atoms with van der Waals surface area (Å²) in [6.45, 7) is 3.05. The number of hydrogen-bond acceptors (Lipinski definition) is 6. The average Bonchev–Trinajstić information content (AvgIpc) is 3.40. The predicted octanol–water partition coefficient (Wildman–Crippen LogP) is 3.79. The summed E-state index contributed by atoms with van der Waals surface area (Å²) in [7, 11) is 0. The monoisotopic (exact) mass is 421 g/mol. The normalized spacial score (nSPS) is 15.4. The highest BCUT2D eigenvalue weighted by Crippen LogP contribution is 2.26. The van der Waals surface area contributed by atoms with Crippen LogP contribution in [-0.2, 0) is 6.54 Å². The number of piperazine rings is 1. The molecule has 30 heavy (non-hydrogen) atoms. The Kier molecular flexibility index (Phi) is 5.49. The minimum Gasteiger partial charge on any atom is -0.459 e. The molecule has 0 saturated carbocycles. The van der Waals surface area contributed by atoms with E-state index in [1.54, 1.807) is 17.0 Å². The molecule has 1 aliphatic heterocycles. The molecule has 0 radical (unpaired) electrons. The van der Waals surface area contributed by atoms with Crippen LogP contribution in [0.2, 0.25) is 0 Å². The summed E-state index contributed by atoms with van der Waals surface area (Å²) >= 11 is 0. The van der Waals surface area contributed by atoms with E-state index >= 15 is 0 Å². The highest BCUT2D eigenvalue weighted by molar-refractivity contribution is 5.91. The summed E-state index contributed by atoms with van der Waals surface area (Å²) in [5.74, 6) is 0.216. The molecule has 1 fully saturated rings. The van der Waals surface area contributed by atoms with Gasteiger partial charge in [-0.2, -0.15) is 0 Å². The highest BCUT2D eigenvalue weighted by atomic mass is 19.4. The van der Waals surface area contributed by atoms with Crippen LogP contribution >= 0.6 is 0 Å². The van der Waals surface area contributed by atoms with Gasteiger partial charge in [-0.15, -0.1) is 13.2 Å². The van der Waals surface area contributed by atoms with Crippen LogP contribution in [-0.4, -0.2) is 53.2 Å². The maximum Gasteiger partial charge on any atom is 0.573 e. The van der Waals surface area contributed by atoms with Crippen molar-refractivity contribution in [1.82, 2.24) is 14.8 Å². The fourth-order valence-electron chi connectivity index (χ4n) is 3.21. The Labute approximate surface area is 169 Å².